The molecule has 1 aromatic carbocycles. The first-order valence-corrected chi connectivity index (χ1v) is 7.81. The number of phenolic OH excluding ortho intramolecular Hbond substituents is 1. The summed E-state index contributed by atoms with van der Waals surface area (Å²) in [6.45, 7) is 3.63. The molecule has 1 heterocycles. The Morgan fingerprint density at radius 3 is 2.90 bits per heavy atom. The zero-order valence-corrected chi connectivity index (χ0v) is 13.5. The number of hydrogen-bond donors (Lipinski definition) is 2. The van der Waals surface area contributed by atoms with Crippen molar-refractivity contribution in [2.75, 3.05) is 20.1 Å². The summed E-state index contributed by atoms with van der Waals surface area (Å²) in [6.07, 6.45) is 2.00. The van der Waals surface area contributed by atoms with Crippen LogP contribution in [0.1, 0.15) is 30.1 Å². The number of rotatable bonds is 3. The van der Waals surface area contributed by atoms with Crippen molar-refractivity contribution in [3.8, 4) is 5.75 Å². The molecule has 1 aliphatic heterocycles. The third-order valence-corrected chi connectivity index (χ3v) is 4.60. The average molecular weight is 341 g/mol. The average Bonchev–Trinajstić information content (AvgIpc) is 2.45. The molecule has 4 nitrogen and oxygen atoms in total. The lowest BCUT2D eigenvalue weighted by molar-refractivity contribution is 0.0629. The fraction of sp³-hybridized carbons (Fsp3) is 0.533. The summed E-state index contributed by atoms with van der Waals surface area (Å²) in [7, 11) is 1.98. The van der Waals surface area contributed by atoms with Gasteiger partial charge in [0.2, 0.25) is 0 Å². The summed E-state index contributed by atoms with van der Waals surface area (Å²) < 4.78 is 0.770. The van der Waals surface area contributed by atoms with Gasteiger partial charge >= 0.3 is 0 Å². The van der Waals surface area contributed by atoms with E-state index in [1.54, 1.807) is 18.2 Å². The molecule has 0 spiro atoms. The van der Waals surface area contributed by atoms with Gasteiger partial charge in [-0.15, -0.1) is 0 Å². The number of nitrogens with one attached hydrogen (secondary N) is 1. The van der Waals surface area contributed by atoms with Crippen LogP contribution < -0.4 is 5.32 Å². The van der Waals surface area contributed by atoms with Gasteiger partial charge in [0.25, 0.3) is 5.91 Å². The zero-order chi connectivity index (χ0) is 14.7. The van der Waals surface area contributed by atoms with Crippen molar-refractivity contribution in [1.29, 1.82) is 0 Å². The van der Waals surface area contributed by atoms with E-state index in [1.165, 1.54) is 0 Å². The highest BCUT2D eigenvalue weighted by atomic mass is 79.9. The summed E-state index contributed by atoms with van der Waals surface area (Å²) in [5, 5.41) is 13.3. The molecule has 1 aromatic rings. The zero-order valence-electron chi connectivity index (χ0n) is 11.9. The van der Waals surface area contributed by atoms with Crippen LogP contribution in [0.15, 0.2) is 22.7 Å². The Morgan fingerprint density at radius 2 is 2.30 bits per heavy atom. The fourth-order valence-corrected chi connectivity index (χ4v) is 3.22. The summed E-state index contributed by atoms with van der Waals surface area (Å²) in [5.41, 5.74) is 0.381. The van der Waals surface area contributed by atoms with Crippen LogP contribution in [0.2, 0.25) is 0 Å². The largest absolute Gasteiger partial charge is 0.507 e. The third kappa shape index (κ3) is 3.15. The molecule has 1 fully saturated rings. The Bertz CT molecular complexity index is 493. The number of benzene rings is 1. The van der Waals surface area contributed by atoms with Gasteiger partial charge in [-0.1, -0.05) is 29.3 Å². The third-order valence-electron chi connectivity index (χ3n) is 4.11. The van der Waals surface area contributed by atoms with Gasteiger partial charge in [-0.05, 0) is 37.6 Å². The Morgan fingerprint density at radius 1 is 1.55 bits per heavy atom. The highest BCUT2D eigenvalue weighted by Gasteiger charge is 2.30. The van der Waals surface area contributed by atoms with Crippen molar-refractivity contribution >= 4 is 21.8 Å². The summed E-state index contributed by atoms with van der Waals surface area (Å²) in [4.78, 5) is 14.4. The number of aromatic hydroxyl groups is 1. The quantitative estimate of drug-likeness (QED) is 0.889. The Hall–Kier alpha value is -1.07. The number of carbonyl (C=O) groups excluding carboxylic acids is 1. The smallest absolute Gasteiger partial charge is 0.257 e. The molecule has 2 atom stereocenters. The maximum atomic E-state index is 12.5. The van der Waals surface area contributed by atoms with Gasteiger partial charge in [-0.3, -0.25) is 4.79 Å². The molecule has 2 N–H and O–H groups in total. The van der Waals surface area contributed by atoms with E-state index in [9.17, 15) is 9.90 Å². The van der Waals surface area contributed by atoms with Crippen LogP contribution >= 0.6 is 15.9 Å². The van der Waals surface area contributed by atoms with Crippen LogP contribution in [0.3, 0.4) is 0 Å². The molecule has 2 unspecified atom stereocenters. The number of halogens is 1. The normalized spacial score (nSPS) is 22.9. The molecule has 0 aromatic heterocycles. The second kappa shape index (κ2) is 6.59. The summed E-state index contributed by atoms with van der Waals surface area (Å²) >= 11 is 3.29. The van der Waals surface area contributed by atoms with E-state index >= 15 is 0 Å². The molecule has 1 amide bonds. The van der Waals surface area contributed by atoms with E-state index in [-0.39, 0.29) is 11.7 Å². The number of likely N-dealkylation sites (tertiary alicyclic amines) is 1. The number of piperidine rings is 1. The highest BCUT2D eigenvalue weighted by Crippen LogP contribution is 2.26. The molecule has 2 rings (SSSR count). The highest BCUT2D eigenvalue weighted by molar-refractivity contribution is 9.10. The van der Waals surface area contributed by atoms with E-state index in [0.29, 0.717) is 17.5 Å². The van der Waals surface area contributed by atoms with Gasteiger partial charge in [0, 0.05) is 23.6 Å². The topological polar surface area (TPSA) is 52.6 Å². The molecule has 110 valence electrons. The Balaban J connectivity index is 2.13. The van der Waals surface area contributed by atoms with Gasteiger partial charge in [-0.2, -0.15) is 0 Å². The van der Waals surface area contributed by atoms with Crippen LogP contribution in [0.25, 0.3) is 0 Å². The first kappa shape index (κ1) is 15.3. The molecular weight excluding hydrogens is 320 g/mol. The predicted molar refractivity (Wildman–Crippen MR) is 83.0 cm³/mol. The number of nitrogens with zero attached hydrogens (tertiary/aromatic N) is 1. The van der Waals surface area contributed by atoms with Gasteiger partial charge in [0.05, 0.1) is 5.56 Å². The van der Waals surface area contributed by atoms with Crippen molar-refractivity contribution in [1.82, 2.24) is 10.2 Å². The summed E-state index contributed by atoms with van der Waals surface area (Å²) in [6, 6.07) is 5.49. The number of phenols is 1. The van der Waals surface area contributed by atoms with E-state index in [1.807, 2.05) is 11.9 Å². The van der Waals surface area contributed by atoms with Gasteiger partial charge in [-0.25, -0.2) is 0 Å². The molecule has 5 heteroatoms. The minimum absolute atomic E-state index is 0.0353. The van der Waals surface area contributed by atoms with Crippen molar-refractivity contribution in [3.05, 3.63) is 28.2 Å². The predicted octanol–water partition coefficient (Wildman–Crippen LogP) is 2.61. The Kier molecular flexibility index (Phi) is 5.05. The van der Waals surface area contributed by atoms with Gasteiger partial charge in [0.1, 0.15) is 5.75 Å². The maximum absolute atomic E-state index is 12.5. The van der Waals surface area contributed by atoms with Crippen LogP contribution in [0.4, 0.5) is 0 Å². The first-order chi connectivity index (χ1) is 9.56. The van der Waals surface area contributed by atoms with Crippen LogP contribution in [0, 0.1) is 5.92 Å². The van der Waals surface area contributed by atoms with Gasteiger partial charge in [0.15, 0.2) is 0 Å². The lowest BCUT2D eigenvalue weighted by Crippen LogP contribution is -2.50. The van der Waals surface area contributed by atoms with Crippen molar-refractivity contribution in [3.63, 3.8) is 0 Å². The number of carbonyl (C=O) groups is 1. The maximum Gasteiger partial charge on any atom is 0.257 e. The van der Waals surface area contributed by atoms with Crippen molar-refractivity contribution in [2.45, 2.75) is 25.8 Å². The van der Waals surface area contributed by atoms with Crippen molar-refractivity contribution in [2.24, 2.45) is 5.92 Å². The van der Waals surface area contributed by atoms with E-state index in [2.05, 4.69) is 28.2 Å². The fourth-order valence-electron chi connectivity index (χ4n) is 2.87. The lowest BCUT2D eigenvalue weighted by atomic mass is 9.89. The van der Waals surface area contributed by atoms with E-state index < -0.39 is 0 Å². The molecule has 20 heavy (non-hydrogen) atoms. The number of amides is 1. The number of hydrogen-bond acceptors (Lipinski definition) is 3. The van der Waals surface area contributed by atoms with E-state index in [4.69, 9.17) is 0 Å². The second-order valence-electron chi connectivity index (χ2n) is 5.26. The second-order valence-corrected chi connectivity index (χ2v) is 6.18. The lowest BCUT2D eigenvalue weighted by Gasteiger charge is -2.38. The molecule has 1 saturated heterocycles. The SMILES string of the molecule is CCC1CN(C(=O)c2ccc(Br)cc2O)CCC1NC. The van der Waals surface area contributed by atoms with Crippen LogP contribution in [-0.2, 0) is 0 Å². The minimum atomic E-state index is -0.0806. The monoisotopic (exact) mass is 340 g/mol. The minimum Gasteiger partial charge on any atom is -0.507 e. The van der Waals surface area contributed by atoms with Gasteiger partial charge < -0.3 is 15.3 Å². The van der Waals surface area contributed by atoms with E-state index in [0.717, 1.165) is 30.4 Å². The molecule has 0 bridgehead atoms. The van der Waals surface area contributed by atoms with Crippen LogP contribution in [-0.4, -0.2) is 42.1 Å². The molecule has 0 aliphatic carbocycles. The summed E-state index contributed by atoms with van der Waals surface area (Å²) in [5.74, 6) is 0.423. The Labute approximate surface area is 128 Å². The molecule has 0 radical (unpaired) electrons. The molecule has 0 saturated carbocycles. The standard InChI is InChI=1S/C15H21BrN2O2/c1-3-10-9-18(7-6-13(10)17-2)15(20)12-5-4-11(16)8-14(12)19/h4-5,8,10,13,17,19H,3,6-7,9H2,1-2H3. The van der Waals surface area contributed by atoms with Crippen molar-refractivity contribution < 1.29 is 9.90 Å². The van der Waals surface area contributed by atoms with Crippen LogP contribution in [0.5, 0.6) is 5.75 Å². The first-order valence-electron chi connectivity index (χ1n) is 7.01. The molecule has 1 aliphatic rings. The molecular formula is C15H21BrN2O2.